The van der Waals surface area contributed by atoms with E-state index < -0.39 is 27.6 Å². The van der Waals surface area contributed by atoms with E-state index in [0.29, 0.717) is 5.56 Å². The minimum atomic E-state index is -3.69. The molecule has 0 saturated heterocycles. The Labute approximate surface area is 171 Å². The van der Waals surface area contributed by atoms with E-state index in [4.69, 9.17) is 21.4 Å². The highest BCUT2D eigenvalue weighted by molar-refractivity contribution is 7.90. The lowest BCUT2D eigenvalue weighted by atomic mass is 10.1. The lowest BCUT2D eigenvalue weighted by Gasteiger charge is -2.25. The summed E-state index contributed by atoms with van der Waals surface area (Å²) < 4.78 is 31.1. The van der Waals surface area contributed by atoms with Crippen LogP contribution in [0.3, 0.4) is 0 Å². The molecule has 0 aliphatic carbocycles. The van der Waals surface area contributed by atoms with E-state index in [1.165, 1.54) is 26.1 Å². The van der Waals surface area contributed by atoms with Gasteiger partial charge >= 0.3 is 6.16 Å². The predicted octanol–water partition coefficient (Wildman–Crippen LogP) is 1.50. The van der Waals surface area contributed by atoms with Crippen molar-refractivity contribution < 1.29 is 27.9 Å². The summed E-state index contributed by atoms with van der Waals surface area (Å²) in [6.45, 7) is 4.66. The molecule has 1 atom stereocenters. The summed E-state index contributed by atoms with van der Waals surface area (Å²) in [7, 11) is -2.24. The zero-order chi connectivity index (χ0) is 22.1. The third kappa shape index (κ3) is 4.48. The minimum Gasteiger partial charge on any atom is -0.450 e. The molecule has 2 rings (SSSR count). The Kier molecular flexibility index (Phi) is 6.18. The predicted molar refractivity (Wildman–Crippen MR) is 101 cm³/mol. The van der Waals surface area contributed by atoms with E-state index >= 15 is 0 Å². The van der Waals surface area contributed by atoms with Crippen molar-refractivity contribution in [3.63, 3.8) is 0 Å². The van der Waals surface area contributed by atoms with E-state index in [9.17, 15) is 18.0 Å². The lowest BCUT2D eigenvalue weighted by molar-refractivity contribution is -0.0748. The van der Waals surface area contributed by atoms with Gasteiger partial charge in [0.25, 0.3) is 11.5 Å². The number of amides is 1. The number of hydrogen-bond donors (Lipinski definition) is 1. The molecule has 1 heterocycles. The maximum Gasteiger partial charge on any atom is 0.507 e. The highest BCUT2D eigenvalue weighted by Gasteiger charge is 2.33. The topological polar surface area (TPSA) is 146 Å². The van der Waals surface area contributed by atoms with Crippen LogP contribution in [0, 0.1) is 6.92 Å². The number of benzene rings is 1. The van der Waals surface area contributed by atoms with Gasteiger partial charge in [-0.05, 0) is 35.9 Å². The van der Waals surface area contributed by atoms with Gasteiger partial charge in [0.05, 0.1) is 15.5 Å². The quantitative estimate of drug-likeness (QED) is 0.681. The Morgan fingerprint density at radius 3 is 2.48 bits per heavy atom. The number of carbonyl (C=O) groups excluding carboxylic acids is 1. The first kappa shape index (κ1) is 22.6. The fourth-order valence-electron chi connectivity index (χ4n) is 2.62. The first-order valence-electron chi connectivity index (χ1n) is 8.31. The summed E-state index contributed by atoms with van der Waals surface area (Å²) in [6.07, 6.45) is -0.381. The van der Waals surface area contributed by atoms with Gasteiger partial charge in [-0.1, -0.05) is 24.6 Å². The highest BCUT2D eigenvalue weighted by atomic mass is 35.5. The molecule has 158 valence electrons. The molecule has 2 aromatic rings. The molecule has 0 bridgehead atoms. The van der Waals surface area contributed by atoms with Gasteiger partial charge in [0, 0.05) is 19.7 Å². The van der Waals surface area contributed by atoms with Crippen LogP contribution in [0.15, 0.2) is 22.0 Å². The summed E-state index contributed by atoms with van der Waals surface area (Å²) in [6, 6.07) is 2.81. The fourth-order valence-corrected chi connectivity index (χ4v) is 4.42. The molecule has 0 aliphatic heterocycles. The van der Waals surface area contributed by atoms with E-state index in [0.717, 1.165) is 15.6 Å². The van der Waals surface area contributed by atoms with Crippen LogP contribution in [0.25, 0.3) is 0 Å². The number of sulfone groups is 1. The molecule has 0 fully saturated rings. The van der Waals surface area contributed by atoms with Crippen LogP contribution in [0.1, 0.15) is 36.2 Å². The molecule has 1 aromatic heterocycles. The summed E-state index contributed by atoms with van der Waals surface area (Å²) in [5.74, 6) is -0.854. The Morgan fingerprint density at radius 2 is 1.97 bits per heavy atom. The Morgan fingerprint density at radius 1 is 1.34 bits per heavy atom. The lowest BCUT2D eigenvalue weighted by Crippen LogP contribution is -2.43. The Hall–Kier alpha value is -2.73. The van der Waals surface area contributed by atoms with Gasteiger partial charge in [0.1, 0.15) is 0 Å². The maximum absolute atomic E-state index is 12.8. The Bertz CT molecular complexity index is 1150. The molecule has 11 nitrogen and oxygen atoms in total. The smallest absolute Gasteiger partial charge is 0.450 e. The van der Waals surface area contributed by atoms with Crippen LogP contribution in [-0.4, -0.2) is 51.6 Å². The molecule has 29 heavy (non-hydrogen) atoms. The number of halogens is 1. The zero-order valence-electron chi connectivity index (χ0n) is 16.4. The molecule has 0 spiro atoms. The average Bonchev–Trinajstić information content (AvgIpc) is 2.94. The number of aromatic nitrogens is 4. The number of aryl methyl sites for hydroxylation is 2. The standard InChI is InChI=1S/C16H20ClN5O6S/c1-6-16(3,28-15(24)25)22-14(21(4)19-20-22)18-13(23)10-8-7-9(2)12(11(10)17)29(5,26)27/h7-8H,6H2,1-5H3,(H,24,25). The van der Waals surface area contributed by atoms with E-state index in [-0.39, 0.29) is 27.5 Å². The molecule has 0 aliphatic rings. The number of hydrogen-bond acceptors (Lipinski definition) is 7. The van der Waals surface area contributed by atoms with Crippen molar-refractivity contribution >= 4 is 33.5 Å². The second-order valence-corrected chi connectivity index (χ2v) is 8.80. The Balaban J connectivity index is 2.68. The van der Waals surface area contributed by atoms with Crippen molar-refractivity contribution in [1.82, 2.24) is 19.8 Å². The van der Waals surface area contributed by atoms with Crippen LogP contribution in [0.2, 0.25) is 5.02 Å². The number of carbonyl (C=O) groups is 2. The number of ether oxygens (including phenoxy) is 1. The largest absolute Gasteiger partial charge is 0.507 e. The third-order valence-electron chi connectivity index (χ3n) is 4.25. The van der Waals surface area contributed by atoms with Gasteiger partial charge in [-0.2, -0.15) is 9.67 Å². The number of nitrogens with zero attached hydrogens (tertiary/aromatic N) is 5. The summed E-state index contributed by atoms with van der Waals surface area (Å²) in [5, 5.41) is 16.3. The van der Waals surface area contributed by atoms with Gasteiger partial charge in [0.15, 0.2) is 9.84 Å². The molecule has 13 heteroatoms. The monoisotopic (exact) mass is 445 g/mol. The van der Waals surface area contributed by atoms with Gasteiger partial charge in [-0.3, -0.25) is 4.79 Å². The van der Waals surface area contributed by atoms with Crippen molar-refractivity contribution in [2.24, 2.45) is 12.0 Å². The number of rotatable bonds is 5. The van der Waals surface area contributed by atoms with Crippen molar-refractivity contribution in [1.29, 1.82) is 0 Å². The van der Waals surface area contributed by atoms with Gasteiger partial charge in [-0.25, -0.2) is 17.9 Å². The SMILES string of the molecule is CCC(C)(OC(=O)O)n1nnn(C)c1=NC(=O)c1ccc(C)c(S(C)(=O)=O)c1Cl. The second kappa shape index (κ2) is 7.95. The van der Waals surface area contributed by atoms with Crippen molar-refractivity contribution in [2.45, 2.75) is 37.8 Å². The molecular weight excluding hydrogens is 426 g/mol. The third-order valence-corrected chi connectivity index (χ3v) is 6.02. The van der Waals surface area contributed by atoms with E-state index in [2.05, 4.69) is 15.4 Å². The van der Waals surface area contributed by atoms with Crippen LogP contribution in [0.5, 0.6) is 0 Å². The van der Waals surface area contributed by atoms with Crippen LogP contribution < -0.4 is 5.62 Å². The molecule has 0 saturated carbocycles. The van der Waals surface area contributed by atoms with Crippen molar-refractivity contribution in [3.05, 3.63) is 33.9 Å². The number of tetrazole rings is 1. The molecule has 1 amide bonds. The van der Waals surface area contributed by atoms with E-state index in [1.807, 2.05) is 0 Å². The summed E-state index contributed by atoms with van der Waals surface area (Å²) in [5.41, 5.74) is -1.34. The highest BCUT2D eigenvalue weighted by Crippen LogP contribution is 2.29. The minimum absolute atomic E-state index is 0.113. The zero-order valence-corrected chi connectivity index (χ0v) is 17.9. The molecule has 1 aromatic carbocycles. The average molecular weight is 446 g/mol. The summed E-state index contributed by atoms with van der Waals surface area (Å²) >= 11 is 6.19. The molecule has 0 radical (unpaired) electrons. The molecular formula is C16H20ClN5O6S. The maximum atomic E-state index is 12.8. The molecule has 1 N–H and O–H groups in total. The van der Waals surface area contributed by atoms with Gasteiger partial charge < -0.3 is 9.84 Å². The van der Waals surface area contributed by atoms with Crippen LogP contribution in [0.4, 0.5) is 4.79 Å². The van der Waals surface area contributed by atoms with Gasteiger partial charge in [-0.15, -0.1) is 0 Å². The van der Waals surface area contributed by atoms with Gasteiger partial charge in [0.2, 0.25) is 5.72 Å². The number of carboxylic acid groups (broad SMARTS) is 1. The fraction of sp³-hybridized carbons (Fsp3) is 0.438. The first-order valence-corrected chi connectivity index (χ1v) is 10.6. The van der Waals surface area contributed by atoms with Crippen LogP contribution in [-0.2, 0) is 27.3 Å². The van der Waals surface area contributed by atoms with Crippen LogP contribution >= 0.6 is 11.6 Å². The summed E-state index contributed by atoms with van der Waals surface area (Å²) in [4.78, 5) is 27.6. The normalized spacial score (nSPS) is 14.5. The first-order chi connectivity index (χ1) is 13.3. The second-order valence-electron chi connectivity index (χ2n) is 6.47. The van der Waals surface area contributed by atoms with Crippen molar-refractivity contribution in [3.8, 4) is 0 Å². The van der Waals surface area contributed by atoms with E-state index in [1.54, 1.807) is 13.8 Å². The molecule has 1 unspecified atom stereocenters. The van der Waals surface area contributed by atoms with Crippen molar-refractivity contribution in [2.75, 3.05) is 6.26 Å².